The lowest BCUT2D eigenvalue weighted by atomic mass is 10.2. The average Bonchev–Trinajstić information content (AvgIpc) is 2.79. The second-order valence-electron chi connectivity index (χ2n) is 4.80. The quantitative estimate of drug-likeness (QED) is 0.753. The van der Waals surface area contributed by atoms with Crippen molar-refractivity contribution in [2.24, 2.45) is 0 Å². The Kier molecular flexibility index (Phi) is 5.81. The summed E-state index contributed by atoms with van der Waals surface area (Å²) in [5.74, 6) is 0.253. The maximum Gasteiger partial charge on any atom is 0.236 e. The van der Waals surface area contributed by atoms with Crippen molar-refractivity contribution in [2.75, 3.05) is 13.1 Å². The van der Waals surface area contributed by atoms with Gasteiger partial charge in [0.15, 0.2) is 0 Å². The number of likely N-dealkylation sites (N-methyl/N-ethyl adjacent to an activating group) is 1. The SMILES string of the molecule is CCC(C)N(CC)C(=O)CNC1CCCC1. The van der Waals surface area contributed by atoms with E-state index >= 15 is 0 Å². The van der Waals surface area contributed by atoms with Gasteiger partial charge in [-0.05, 0) is 33.1 Å². The van der Waals surface area contributed by atoms with Crippen LogP contribution in [0.5, 0.6) is 0 Å². The van der Waals surface area contributed by atoms with Crippen LogP contribution in [-0.2, 0) is 4.79 Å². The first kappa shape index (κ1) is 13.5. The topological polar surface area (TPSA) is 32.3 Å². The van der Waals surface area contributed by atoms with E-state index in [1.165, 1.54) is 25.7 Å². The van der Waals surface area contributed by atoms with E-state index in [0.29, 0.717) is 18.6 Å². The third-order valence-electron chi connectivity index (χ3n) is 3.68. The van der Waals surface area contributed by atoms with Crippen LogP contribution in [0.3, 0.4) is 0 Å². The van der Waals surface area contributed by atoms with Crippen molar-refractivity contribution in [3.63, 3.8) is 0 Å². The standard InChI is InChI=1S/C13H26N2O/c1-4-11(3)15(5-2)13(16)10-14-12-8-6-7-9-12/h11-12,14H,4-10H2,1-3H3. The van der Waals surface area contributed by atoms with Gasteiger partial charge in [-0.3, -0.25) is 4.79 Å². The number of hydrogen-bond acceptors (Lipinski definition) is 2. The molecule has 1 aliphatic carbocycles. The number of nitrogens with zero attached hydrogens (tertiary/aromatic N) is 1. The Bertz CT molecular complexity index is 212. The zero-order valence-corrected chi connectivity index (χ0v) is 11.0. The molecule has 1 rings (SSSR count). The van der Waals surface area contributed by atoms with Crippen LogP contribution in [0, 0.1) is 0 Å². The molecule has 0 spiro atoms. The molecule has 1 unspecified atom stereocenters. The van der Waals surface area contributed by atoms with Gasteiger partial charge in [0, 0.05) is 18.6 Å². The highest BCUT2D eigenvalue weighted by molar-refractivity contribution is 5.78. The van der Waals surface area contributed by atoms with Crippen LogP contribution in [0.2, 0.25) is 0 Å². The summed E-state index contributed by atoms with van der Waals surface area (Å²) in [6.07, 6.45) is 6.14. The highest BCUT2D eigenvalue weighted by atomic mass is 16.2. The monoisotopic (exact) mass is 226 g/mol. The van der Waals surface area contributed by atoms with E-state index in [1.54, 1.807) is 0 Å². The van der Waals surface area contributed by atoms with E-state index in [4.69, 9.17) is 0 Å². The van der Waals surface area contributed by atoms with Gasteiger partial charge in [-0.1, -0.05) is 19.8 Å². The van der Waals surface area contributed by atoms with Crippen molar-refractivity contribution in [1.29, 1.82) is 0 Å². The molecule has 1 N–H and O–H groups in total. The van der Waals surface area contributed by atoms with Gasteiger partial charge in [-0.15, -0.1) is 0 Å². The Labute approximate surface area is 99.6 Å². The zero-order chi connectivity index (χ0) is 12.0. The van der Waals surface area contributed by atoms with Crippen LogP contribution in [0.15, 0.2) is 0 Å². The van der Waals surface area contributed by atoms with Crippen molar-refractivity contribution >= 4 is 5.91 Å². The largest absolute Gasteiger partial charge is 0.339 e. The average molecular weight is 226 g/mol. The van der Waals surface area contributed by atoms with Gasteiger partial charge in [0.2, 0.25) is 5.91 Å². The number of hydrogen-bond donors (Lipinski definition) is 1. The molecule has 1 aliphatic rings. The molecular formula is C13H26N2O. The summed E-state index contributed by atoms with van der Waals surface area (Å²) in [4.78, 5) is 14.0. The molecule has 0 heterocycles. The van der Waals surface area contributed by atoms with Gasteiger partial charge in [0.1, 0.15) is 0 Å². The number of carbonyl (C=O) groups excluding carboxylic acids is 1. The van der Waals surface area contributed by atoms with Gasteiger partial charge in [-0.2, -0.15) is 0 Å². The highest BCUT2D eigenvalue weighted by Gasteiger charge is 2.19. The third kappa shape index (κ3) is 3.78. The van der Waals surface area contributed by atoms with Crippen LogP contribution in [0.25, 0.3) is 0 Å². The molecule has 0 radical (unpaired) electrons. The maximum atomic E-state index is 12.0. The van der Waals surface area contributed by atoms with Crippen LogP contribution < -0.4 is 5.32 Å². The Morgan fingerprint density at radius 2 is 2.00 bits per heavy atom. The molecule has 0 aromatic carbocycles. The van der Waals surface area contributed by atoms with Crippen LogP contribution >= 0.6 is 0 Å². The fraction of sp³-hybridized carbons (Fsp3) is 0.923. The van der Waals surface area contributed by atoms with Crippen LogP contribution in [0.4, 0.5) is 0 Å². The summed E-state index contributed by atoms with van der Waals surface area (Å²) in [5.41, 5.74) is 0. The van der Waals surface area contributed by atoms with E-state index in [-0.39, 0.29) is 5.91 Å². The Morgan fingerprint density at radius 3 is 2.50 bits per heavy atom. The zero-order valence-electron chi connectivity index (χ0n) is 11.0. The summed E-state index contributed by atoms with van der Waals surface area (Å²) in [6.45, 7) is 7.64. The lowest BCUT2D eigenvalue weighted by Gasteiger charge is -2.28. The molecular weight excluding hydrogens is 200 g/mol. The molecule has 1 atom stereocenters. The van der Waals surface area contributed by atoms with Gasteiger partial charge >= 0.3 is 0 Å². The molecule has 0 aromatic rings. The molecule has 1 saturated carbocycles. The minimum atomic E-state index is 0.253. The first-order valence-corrected chi connectivity index (χ1v) is 6.71. The predicted octanol–water partition coefficient (Wildman–Crippen LogP) is 2.17. The van der Waals surface area contributed by atoms with E-state index in [0.717, 1.165) is 13.0 Å². The molecule has 94 valence electrons. The minimum absolute atomic E-state index is 0.253. The maximum absolute atomic E-state index is 12.0. The number of rotatable bonds is 6. The minimum Gasteiger partial charge on any atom is -0.339 e. The molecule has 0 bridgehead atoms. The molecule has 0 saturated heterocycles. The van der Waals surface area contributed by atoms with Gasteiger partial charge in [0.05, 0.1) is 6.54 Å². The summed E-state index contributed by atoms with van der Waals surface area (Å²) in [5, 5.41) is 3.38. The van der Waals surface area contributed by atoms with E-state index in [9.17, 15) is 4.79 Å². The van der Waals surface area contributed by atoms with Crippen molar-refractivity contribution < 1.29 is 4.79 Å². The van der Waals surface area contributed by atoms with Gasteiger partial charge in [0.25, 0.3) is 0 Å². The fourth-order valence-electron chi connectivity index (χ4n) is 2.42. The summed E-state index contributed by atoms with van der Waals surface area (Å²) < 4.78 is 0. The van der Waals surface area contributed by atoms with Gasteiger partial charge in [-0.25, -0.2) is 0 Å². The summed E-state index contributed by atoms with van der Waals surface area (Å²) in [7, 11) is 0. The molecule has 1 fully saturated rings. The molecule has 16 heavy (non-hydrogen) atoms. The van der Waals surface area contributed by atoms with E-state index in [1.807, 2.05) is 4.90 Å². The van der Waals surface area contributed by atoms with Crippen molar-refractivity contribution in [3.05, 3.63) is 0 Å². The Morgan fingerprint density at radius 1 is 1.38 bits per heavy atom. The first-order valence-electron chi connectivity index (χ1n) is 6.71. The molecule has 0 aliphatic heterocycles. The molecule has 3 nitrogen and oxygen atoms in total. The van der Waals surface area contributed by atoms with E-state index < -0.39 is 0 Å². The Balaban J connectivity index is 2.31. The smallest absolute Gasteiger partial charge is 0.236 e. The third-order valence-corrected chi connectivity index (χ3v) is 3.68. The molecule has 1 amide bonds. The fourth-order valence-corrected chi connectivity index (χ4v) is 2.42. The number of amides is 1. The first-order chi connectivity index (χ1) is 7.69. The van der Waals surface area contributed by atoms with Crippen LogP contribution in [-0.4, -0.2) is 36.0 Å². The second kappa shape index (κ2) is 6.89. The number of nitrogens with one attached hydrogen (secondary N) is 1. The molecule has 0 aromatic heterocycles. The summed E-state index contributed by atoms with van der Waals surface area (Å²) in [6, 6.07) is 0.947. The number of carbonyl (C=O) groups is 1. The van der Waals surface area contributed by atoms with Gasteiger partial charge < -0.3 is 10.2 Å². The predicted molar refractivity (Wildman–Crippen MR) is 67.4 cm³/mol. The second-order valence-corrected chi connectivity index (χ2v) is 4.80. The highest BCUT2D eigenvalue weighted by Crippen LogP contribution is 2.17. The molecule has 3 heteroatoms. The van der Waals surface area contributed by atoms with Crippen molar-refractivity contribution in [2.45, 2.75) is 65.0 Å². The summed E-state index contributed by atoms with van der Waals surface area (Å²) >= 11 is 0. The van der Waals surface area contributed by atoms with Crippen LogP contribution in [0.1, 0.15) is 52.9 Å². The van der Waals surface area contributed by atoms with Crippen molar-refractivity contribution in [3.8, 4) is 0 Å². The lowest BCUT2D eigenvalue weighted by Crippen LogP contribution is -2.44. The van der Waals surface area contributed by atoms with Crippen molar-refractivity contribution in [1.82, 2.24) is 10.2 Å². The lowest BCUT2D eigenvalue weighted by molar-refractivity contribution is -0.132. The Hall–Kier alpha value is -0.570. The van der Waals surface area contributed by atoms with E-state index in [2.05, 4.69) is 26.1 Å². The normalized spacial score (nSPS) is 18.7.